The van der Waals surface area contributed by atoms with Gasteiger partial charge in [-0.1, -0.05) is 0 Å². The molecule has 0 amide bonds. The summed E-state index contributed by atoms with van der Waals surface area (Å²) in [5.41, 5.74) is 0. The molecule has 0 atom stereocenters. The van der Waals surface area contributed by atoms with Gasteiger partial charge in [0.25, 0.3) is 0 Å². The Morgan fingerprint density at radius 1 is 1.06 bits per heavy atom. The fraction of sp³-hybridized carbons (Fsp3) is 0.571. The first kappa shape index (κ1) is 13.6. The average Bonchev–Trinajstić information content (AvgIpc) is 2.41. The van der Waals surface area contributed by atoms with Crippen LogP contribution in [0.3, 0.4) is 0 Å². The van der Waals surface area contributed by atoms with Gasteiger partial charge in [0.2, 0.25) is 0 Å². The average molecular weight is 268 g/mol. The van der Waals surface area contributed by atoms with Crippen molar-refractivity contribution in [3.8, 4) is 11.5 Å². The summed E-state index contributed by atoms with van der Waals surface area (Å²) in [5.74, 6) is 1.54. The van der Waals surface area contributed by atoms with Crippen LogP contribution in [0.25, 0.3) is 0 Å². The highest BCUT2D eigenvalue weighted by Gasteiger charge is 2.20. The SMILES string of the molecule is COc1ccc(SC2CCC(O)CC2)cc1OC. The van der Waals surface area contributed by atoms with Gasteiger partial charge in [0.15, 0.2) is 11.5 Å². The van der Waals surface area contributed by atoms with Crippen LogP contribution in [0.15, 0.2) is 23.1 Å². The minimum Gasteiger partial charge on any atom is -0.493 e. The monoisotopic (exact) mass is 268 g/mol. The molecule has 1 aliphatic carbocycles. The molecule has 0 spiro atoms. The Morgan fingerprint density at radius 3 is 2.33 bits per heavy atom. The van der Waals surface area contributed by atoms with Crippen LogP contribution in [-0.2, 0) is 0 Å². The van der Waals surface area contributed by atoms with E-state index in [2.05, 4.69) is 6.07 Å². The van der Waals surface area contributed by atoms with Crippen LogP contribution in [0.1, 0.15) is 25.7 Å². The van der Waals surface area contributed by atoms with Gasteiger partial charge in [-0.3, -0.25) is 0 Å². The summed E-state index contributed by atoms with van der Waals surface area (Å²) >= 11 is 1.87. The Morgan fingerprint density at radius 2 is 1.72 bits per heavy atom. The zero-order valence-electron chi connectivity index (χ0n) is 10.9. The lowest BCUT2D eigenvalue weighted by Gasteiger charge is -2.25. The number of hydrogen-bond donors (Lipinski definition) is 1. The molecule has 0 aliphatic heterocycles. The molecule has 1 saturated carbocycles. The van der Waals surface area contributed by atoms with Crippen molar-refractivity contribution in [2.75, 3.05) is 14.2 Å². The second kappa shape index (κ2) is 6.34. The molecule has 18 heavy (non-hydrogen) atoms. The van der Waals surface area contributed by atoms with Gasteiger partial charge in [0, 0.05) is 10.1 Å². The molecule has 0 aromatic heterocycles. The molecule has 1 aliphatic rings. The molecule has 0 bridgehead atoms. The van der Waals surface area contributed by atoms with Gasteiger partial charge < -0.3 is 14.6 Å². The Kier molecular flexibility index (Phi) is 4.78. The third-order valence-electron chi connectivity index (χ3n) is 3.30. The summed E-state index contributed by atoms with van der Waals surface area (Å²) in [6, 6.07) is 6.03. The summed E-state index contributed by atoms with van der Waals surface area (Å²) in [6.45, 7) is 0. The van der Waals surface area contributed by atoms with E-state index >= 15 is 0 Å². The summed E-state index contributed by atoms with van der Waals surface area (Å²) in [4.78, 5) is 1.20. The minimum atomic E-state index is -0.0905. The van der Waals surface area contributed by atoms with Crippen LogP contribution < -0.4 is 9.47 Å². The standard InChI is InChI=1S/C14H20O3S/c1-16-13-8-7-12(9-14(13)17-2)18-11-5-3-10(15)4-6-11/h7-11,15H,3-6H2,1-2H3. The van der Waals surface area contributed by atoms with E-state index in [1.807, 2.05) is 23.9 Å². The molecule has 100 valence electrons. The Hall–Kier alpha value is -0.870. The maximum atomic E-state index is 9.50. The van der Waals surface area contributed by atoms with E-state index in [4.69, 9.17) is 9.47 Å². The molecule has 1 aromatic carbocycles. The van der Waals surface area contributed by atoms with E-state index in [0.717, 1.165) is 37.2 Å². The molecule has 1 aromatic rings. The number of thioether (sulfide) groups is 1. The summed E-state index contributed by atoms with van der Waals surface area (Å²) in [5, 5.41) is 10.1. The fourth-order valence-electron chi connectivity index (χ4n) is 2.25. The Bertz CT molecular complexity index is 387. The van der Waals surface area contributed by atoms with Crippen molar-refractivity contribution in [2.45, 2.75) is 41.9 Å². The summed E-state index contributed by atoms with van der Waals surface area (Å²) in [7, 11) is 3.30. The van der Waals surface area contributed by atoms with Gasteiger partial charge >= 0.3 is 0 Å². The van der Waals surface area contributed by atoms with Crippen molar-refractivity contribution in [1.29, 1.82) is 0 Å². The second-order valence-corrected chi connectivity index (χ2v) is 5.94. The molecular formula is C14H20O3S. The van der Waals surface area contributed by atoms with E-state index in [9.17, 15) is 5.11 Å². The largest absolute Gasteiger partial charge is 0.493 e. The van der Waals surface area contributed by atoms with Gasteiger partial charge in [-0.2, -0.15) is 0 Å². The predicted molar refractivity (Wildman–Crippen MR) is 73.7 cm³/mol. The number of hydrogen-bond acceptors (Lipinski definition) is 4. The van der Waals surface area contributed by atoms with Crippen molar-refractivity contribution in [3.63, 3.8) is 0 Å². The second-order valence-electron chi connectivity index (χ2n) is 4.57. The highest BCUT2D eigenvalue weighted by molar-refractivity contribution is 8.00. The van der Waals surface area contributed by atoms with Crippen LogP contribution in [0, 0.1) is 0 Å². The summed E-state index contributed by atoms with van der Waals surface area (Å²) in [6.07, 6.45) is 3.92. The Labute approximate surface area is 112 Å². The molecule has 1 N–H and O–H groups in total. The van der Waals surface area contributed by atoms with E-state index in [1.165, 1.54) is 4.90 Å². The maximum Gasteiger partial charge on any atom is 0.161 e. The van der Waals surface area contributed by atoms with Crippen LogP contribution in [0.2, 0.25) is 0 Å². The highest BCUT2D eigenvalue weighted by Crippen LogP contribution is 2.37. The molecule has 0 saturated heterocycles. The number of ether oxygens (including phenoxy) is 2. The van der Waals surface area contributed by atoms with E-state index in [0.29, 0.717) is 5.25 Å². The van der Waals surface area contributed by atoms with Crippen molar-refractivity contribution in [3.05, 3.63) is 18.2 Å². The van der Waals surface area contributed by atoms with Crippen molar-refractivity contribution < 1.29 is 14.6 Å². The smallest absolute Gasteiger partial charge is 0.161 e. The normalized spacial score (nSPS) is 23.7. The number of aliphatic hydroxyl groups is 1. The van der Waals surface area contributed by atoms with Crippen molar-refractivity contribution >= 4 is 11.8 Å². The van der Waals surface area contributed by atoms with Gasteiger partial charge in [-0.05, 0) is 43.9 Å². The van der Waals surface area contributed by atoms with Gasteiger partial charge in [0.1, 0.15) is 0 Å². The lowest BCUT2D eigenvalue weighted by molar-refractivity contribution is 0.132. The van der Waals surface area contributed by atoms with E-state index in [1.54, 1.807) is 14.2 Å². The predicted octanol–water partition coefficient (Wildman–Crippen LogP) is 3.10. The maximum absolute atomic E-state index is 9.50. The zero-order valence-corrected chi connectivity index (χ0v) is 11.7. The highest BCUT2D eigenvalue weighted by atomic mass is 32.2. The van der Waals surface area contributed by atoms with Crippen molar-refractivity contribution in [2.24, 2.45) is 0 Å². The quantitative estimate of drug-likeness (QED) is 0.910. The molecule has 0 heterocycles. The number of methoxy groups -OCH3 is 2. The van der Waals surface area contributed by atoms with Crippen LogP contribution in [0.5, 0.6) is 11.5 Å². The molecular weight excluding hydrogens is 248 g/mol. The molecule has 4 heteroatoms. The number of rotatable bonds is 4. The zero-order chi connectivity index (χ0) is 13.0. The van der Waals surface area contributed by atoms with Crippen LogP contribution >= 0.6 is 11.8 Å². The molecule has 1 fully saturated rings. The van der Waals surface area contributed by atoms with E-state index < -0.39 is 0 Å². The van der Waals surface area contributed by atoms with Gasteiger partial charge in [0.05, 0.1) is 20.3 Å². The first-order valence-electron chi connectivity index (χ1n) is 6.29. The summed E-state index contributed by atoms with van der Waals surface area (Å²) < 4.78 is 10.5. The molecule has 0 radical (unpaired) electrons. The number of benzene rings is 1. The third-order valence-corrected chi connectivity index (χ3v) is 4.63. The molecule has 0 unspecified atom stereocenters. The topological polar surface area (TPSA) is 38.7 Å². The lowest BCUT2D eigenvalue weighted by Crippen LogP contribution is -2.19. The lowest BCUT2D eigenvalue weighted by atomic mass is 9.97. The number of aliphatic hydroxyl groups excluding tert-OH is 1. The van der Waals surface area contributed by atoms with Crippen molar-refractivity contribution in [1.82, 2.24) is 0 Å². The molecule has 3 nitrogen and oxygen atoms in total. The Balaban J connectivity index is 2.01. The van der Waals surface area contributed by atoms with Gasteiger partial charge in [-0.15, -0.1) is 11.8 Å². The third kappa shape index (κ3) is 3.33. The molecule has 2 rings (SSSR count). The first-order valence-corrected chi connectivity index (χ1v) is 7.17. The minimum absolute atomic E-state index is 0.0905. The van der Waals surface area contributed by atoms with E-state index in [-0.39, 0.29) is 6.10 Å². The first-order chi connectivity index (χ1) is 8.72. The fourth-order valence-corrected chi connectivity index (χ4v) is 3.46. The van der Waals surface area contributed by atoms with Gasteiger partial charge in [-0.25, -0.2) is 0 Å². The van der Waals surface area contributed by atoms with Crippen LogP contribution in [-0.4, -0.2) is 30.7 Å². The van der Waals surface area contributed by atoms with Crippen LogP contribution in [0.4, 0.5) is 0 Å².